The molecule has 1 aromatic carbocycles. The Morgan fingerprint density at radius 2 is 1.95 bits per heavy atom. The number of nitrogens with zero attached hydrogens (tertiary/aromatic N) is 1. The van der Waals surface area contributed by atoms with Gasteiger partial charge in [-0.15, -0.1) is 0 Å². The third-order valence-corrected chi connectivity index (χ3v) is 5.91. The number of hydrogen-bond acceptors (Lipinski definition) is 4. The molecule has 0 aliphatic carbocycles. The second-order valence-corrected chi connectivity index (χ2v) is 7.36. The maximum Gasteiger partial charge on any atom is 0.249 e. The van der Waals surface area contributed by atoms with Crippen LogP contribution in [0.15, 0.2) is 23.1 Å². The fraction of sp³-hybridized carbons (Fsp3) is 0.500. The normalized spacial score (nSPS) is 17.8. The maximum absolute atomic E-state index is 12.6. The van der Waals surface area contributed by atoms with Crippen molar-refractivity contribution in [1.29, 1.82) is 0 Å². The van der Waals surface area contributed by atoms with Gasteiger partial charge in [-0.1, -0.05) is 6.07 Å². The second kappa shape index (κ2) is 6.13. The zero-order valence-corrected chi connectivity index (χ0v) is 12.9. The van der Waals surface area contributed by atoms with Crippen LogP contribution in [-0.2, 0) is 10.0 Å². The molecule has 1 aliphatic heterocycles. The molecule has 0 unspecified atom stereocenters. The Labute approximate surface area is 125 Å². The molecule has 4 N–H and O–H groups in total. The van der Waals surface area contributed by atoms with Crippen molar-refractivity contribution in [3.8, 4) is 0 Å². The first-order chi connectivity index (χ1) is 9.86. The van der Waals surface area contributed by atoms with Crippen LogP contribution in [0.25, 0.3) is 0 Å². The van der Waals surface area contributed by atoms with Crippen molar-refractivity contribution in [3.05, 3.63) is 29.3 Å². The number of benzene rings is 1. The van der Waals surface area contributed by atoms with Crippen LogP contribution in [0, 0.1) is 12.8 Å². The van der Waals surface area contributed by atoms with Crippen LogP contribution in [0.5, 0.6) is 0 Å². The van der Waals surface area contributed by atoms with Crippen LogP contribution < -0.4 is 11.5 Å². The van der Waals surface area contributed by atoms with E-state index >= 15 is 0 Å². The molecule has 7 heteroatoms. The van der Waals surface area contributed by atoms with E-state index in [1.54, 1.807) is 13.0 Å². The molecule has 21 heavy (non-hydrogen) atoms. The Bertz CT molecular complexity index is 635. The molecule has 0 atom stereocenters. The summed E-state index contributed by atoms with van der Waals surface area (Å²) in [5.41, 5.74) is 11.8. The van der Waals surface area contributed by atoms with Gasteiger partial charge in [-0.25, -0.2) is 8.42 Å². The van der Waals surface area contributed by atoms with Crippen molar-refractivity contribution < 1.29 is 13.2 Å². The molecule has 116 valence electrons. The smallest absolute Gasteiger partial charge is 0.249 e. The van der Waals surface area contributed by atoms with Gasteiger partial charge in [-0.3, -0.25) is 4.79 Å². The van der Waals surface area contributed by atoms with Gasteiger partial charge in [0.05, 0.1) is 4.90 Å². The summed E-state index contributed by atoms with van der Waals surface area (Å²) in [4.78, 5) is 11.5. The van der Waals surface area contributed by atoms with Crippen LogP contribution in [0.2, 0.25) is 0 Å². The number of rotatable bonds is 4. The minimum absolute atomic E-state index is 0.119. The van der Waals surface area contributed by atoms with E-state index in [2.05, 4.69) is 0 Å². The van der Waals surface area contributed by atoms with E-state index in [-0.39, 0.29) is 10.5 Å². The highest BCUT2D eigenvalue weighted by Gasteiger charge is 2.29. The van der Waals surface area contributed by atoms with Crippen LogP contribution in [0.4, 0.5) is 0 Å². The third-order valence-electron chi connectivity index (χ3n) is 4.02. The number of piperidine rings is 1. The monoisotopic (exact) mass is 311 g/mol. The highest BCUT2D eigenvalue weighted by atomic mass is 32.2. The number of carbonyl (C=O) groups excluding carboxylic acids is 1. The maximum atomic E-state index is 12.6. The largest absolute Gasteiger partial charge is 0.366 e. The van der Waals surface area contributed by atoms with E-state index in [0.29, 0.717) is 31.1 Å². The van der Waals surface area contributed by atoms with Crippen molar-refractivity contribution in [3.63, 3.8) is 0 Å². The Morgan fingerprint density at radius 3 is 2.48 bits per heavy atom. The minimum Gasteiger partial charge on any atom is -0.366 e. The molecular formula is C14H21N3O3S. The molecule has 1 saturated heterocycles. The van der Waals surface area contributed by atoms with Crippen molar-refractivity contribution in [2.75, 3.05) is 19.6 Å². The van der Waals surface area contributed by atoms with Crippen molar-refractivity contribution in [2.45, 2.75) is 24.7 Å². The molecule has 0 saturated carbocycles. The molecule has 2 rings (SSSR count). The van der Waals surface area contributed by atoms with Gasteiger partial charge in [0.1, 0.15) is 0 Å². The number of nitrogens with two attached hydrogens (primary N) is 2. The molecule has 6 nitrogen and oxygen atoms in total. The van der Waals surface area contributed by atoms with Gasteiger partial charge in [0.25, 0.3) is 0 Å². The number of primary amides is 1. The van der Waals surface area contributed by atoms with Crippen LogP contribution >= 0.6 is 0 Å². The zero-order chi connectivity index (χ0) is 15.6. The molecular weight excluding hydrogens is 290 g/mol. The summed E-state index contributed by atoms with van der Waals surface area (Å²) in [6, 6.07) is 4.49. The van der Waals surface area contributed by atoms with E-state index in [4.69, 9.17) is 11.5 Å². The Kier molecular flexibility index (Phi) is 4.65. The Balaban J connectivity index is 2.28. The standard InChI is InChI=1S/C14H21N3O3S/c1-10-2-3-12(8-13(10)14(16)18)21(19,20)17-6-4-11(9-15)5-7-17/h2-3,8,11H,4-7,9,15H2,1H3,(H2,16,18). The predicted molar refractivity (Wildman–Crippen MR) is 80.2 cm³/mol. The van der Waals surface area contributed by atoms with Gasteiger partial charge in [0.15, 0.2) is 0 Å². The predicted octanol–water partition coefficient (Wildman–Crippen LogP) is 0.453. The van der Waals surface area contributed by atoms with E-state index in [1.807, 2.05) is 0 Å². The fourth-order valence-electron chi connectivity index (χ4n) is 2.56. The quantitative estimate of drug-likeness (QED) is 0.842. The first-order valence-electron chi connectivity index (χ1n) is 6.97. The van der Waals surface area contributed by atoms with Gasteiger partial charge in [0.2, 0.25) is 15.9 Å². The van der Waals surface area contributed by atoms with Gasteiger partial charge in [-0.2, -0.15) is 4.31 Å². The molecule has 1 amide bonds. The molecule has 1 aromatic rings. The van der Waals surface area contributed by atoms with E-state index < -0.39 is 15.9 Å². The van der Waals surface area contributed by atoms with Gasteiger partial charge >= 0.3 is 0 Å². The third kappa shape index (κ3) is 3.25. The molecule has 1 aliphatic rings. The van der Waals surface area contributed by atoms with Crippen LogP contribution in [-0.4, -0.2) is 38.3 Å². The number of carbonyl (C=O) groups is 1. The lowest BCUT2D eigenvalue weighted by atomic mass is 9.99. The van der Waals surface area contributed by atoms with Crippen molar-refractivity contribution in [1.82, 2.24) is 4.31 Å². The summed E-state index contributed by atoms with van der Waals surface area (Å²) >= 11 is 0. The Morgan fingerprint density at radius 1 is 1.33 bits per heavy atom. The molecule has 0 spiro atoms. The van der Waals surface area contributed by atoms with E-state index in [9.17, 15) is 13.2 Å². The molecule has 0 bridgehead atoms. The van der Waals surface area contributed by atoms with Crippen molar-refractivity contribution >= 4 is 15.9 Å². The number of amides is 1. The van der Waals surface area contributed by atoms with Gasteiger partial charge in [0, 0.05) is 18.7 Å². The SMILES string of the molecule is Cc1ccc(S(=O)(=O)N2CCC(CN)CC2)cc1C(N)=O. The molecule has 1 fully saturated rings. The highest BCUT2D eigenvalue weighted by molar-refractivity contribution is 7.89. The number of hydrogen-bond donors (Lipinski definition) is 2. The van der Waals surface area contributed by atoms with Crippen LogP contribution in [0.3, 0.4) is 0 Å². The summed E-state index contributed by atoms with van der Waals surface area (Å²) in [7, 11) is -3.58. The Hall–Kier alpha value is -1.44. The summed E-state index contributed by atoms with van der Waals surface area (Å²) in [6.45, 7) is 3.24. The lowest BCUT2D eigenvalue weighted by Crippen LogP contribution is -2.40. The zero-order valence-electron chi connectivity index (χ0n) is 12.1. The molecule has 0 radical (unpaired) electrons. The van der Waals surface area contributed by atoms with Crippen LogP contribution in [0.1, 0.15) is 28.8 Å². The summed E-state index contributed by atoms with van der Waals surface area (Å²) < 4.78 is 26.7. The van der Waals surface area contributed by atoms with Gasteiger partial charge < -0.3 is 11.5 Å². The summed E-state index contributed by atoms with van der Waals surface area (Å²) in [6.07, 6.45) is 1.54. The number of aryl methyl sites for hydroxylation is 1. The summed E-state index contributed by atoms with van der Waals surface area (Å²) in [5, 5.41) is 0. The highest BCUT2D eigenvalue weighted by Crippen LogP contribution is 2.24. The molecule has 0 aromatic heterocycles. The lowest BCUT2D eigenvalue weighted by Gasteiger charge is -2.30. The number of sulfonamides is 1. The molecule has 1 heterocycles. The van der Waals surface area contributed by atoms with Gasteiger partial charge in [-0.05, 0) is 49.9 Å². The first-order valence-corrected chi connectivity index (χ1v) is 8.41. The second-order valence-electron chi connectivity index (χ2n) is 5.42. The lowest BCUT2D eigenvalue weighted by molar-refractivity contribution is 0.0999. The minimum atomic E-state index is -3.58. The average Bonchev–Trinajstić information content (AvgIpc) is 2.47. The van der Waals surface area contributed by atoms with Crippen molar-refractivity contribution in [2.24, 2.45) is 17.4 Å². The fourth-order valence-corrected chi connectivity index (χ4v) is 4.06. The van der Waals surface area contributed by atoms with E-state index in [1.165, 1.54) is 16.4 Å². The topological polar surface area (TPSA) is 106 Å². The summed E-state index contributed by atoms with van der Waals surface area (Å²) in [5.74, 6) is -0.234. The first kappa shape index (κ1) is 15.9. The van der Waals surface area contributed by atoms with E-state index in [0.717, 1.165) is 12.8 Å². The average molecular weight is 311 g/mol.